The minimum absolute atomic E-state index is 0.119. The van der Waals surface area contributed by atoms with Crippen LogP contribution >= 0.6 is 11.6 Å². The number of rotatable bonds is 5. The molecule has 1 atom stereocenters. The number of hydrogen-bond acceptors (Lipinski definition) is 3. The normalized spacial score (nSPS) is 12.1. The fourth-order valence-corrected chi connectivity index (χ4v) is 1.81. The molecule has 2 aromatic carbocycles. The molecule has 2 rings (SSSR count). The Hall–Kier alpha value is -2.40. The second kappa shape index (κ2) is 7.56. The van der Waals surface area contributed by atoms with E-state index in [0.717, 1.165) is 11.6 Å². The van der Waals surface area contributed by atoms with E-state index in [4.69, 9.17) is 16.4 Å². The van der Waals surface area contributed by atoms with Crippen molar-refractivity contribution in [3.05, 3.63) is 64.9 Å². The van der Waals surface area contributed by atoms with E-state index in [1.165, 1.54) is 18.3 Å². The van der Waals surface area contributed by atoms with E-state index in [2.05, 4.69) is 10.5 Å². The van der Waals surface area contributed by atoms with E-state index in [-0.39, 0.29) is 5.02 Å². The Morgan fingerprint density at radius 1 is 1.32 bits per heavy atom. The second-order valence-electron chi connectivity index (χ2n) is 4.51. The predicted octanol–water partition coefficient (Wildman–Crippen LogP) is 3.86. The van der Waals surface area contributed by atoms with E-state index in [9.17, 15) is 9.18 Å². The lowest BCUT2D eigenvalue weighted by Gasteiger charge is -2.11. The van der Waals surface area contributed by atoms with Crippen molar-refractivity contribution in [3.63, 3.8) is 0 Å². The maximum absolute atomic E-state index is 12.9. The van der Waals surface area contributed by atoms with Crippen LogP contribution in [-0.2, 0) is 9.63 Å². The van der Waals surface area contributed by atoms with Gasteiger partial charge in [-0.2, -0.15) is 0 Å². The number of nitrogens with zero attached hydrogens (tertiary/aromatic N) is 1. The van der Waals surface area contributed by atoms with Gasteiger partial charge in [0.2, 0.25) is 6.10 Å². The van der Waals surface area contributed by atoms with Gasteiger partial charge in [-0.3, -0.25) is 4.79 Å². The molecule has 0 aliphatic heterocycles. The lowest BCUT2D eigenvalue weighted by atomic mass is 10.2. The highest BCUT2D eigenvalue weighted by molar-refractivity contribution is 6.33. The molecule has 0 aliphatic rings. The number of oxime groups is 1. The molecule has 0 saturated carbocycles. The van der Waals surface area contributed by atoms with E-state index < -0.39 is 17.8 Å². The zero-order chi connectivity index (χ0) is 15.9. The van der Waals surface area contributed by atoms with E-state index >= 15 is 0 Å². The van der Waals surface area contributed by atoms with Crippen molar-refractivity contribution in [2.24, 2.45) is 5.16 Å². The summed E-state index contributed by atoms with van der Waals surface area (Å²) in [5.74, 6) is -0.904. The molecule has 0 aliphatic carbocycles. The van der Waals surface area contributed by atoms with Crippen molar-refractivity contribution < 1.29 is 14.0 Å². The zero-order valence-electron chi connectivity index (χ0n) is 11.8. The third-order valence-corrected chi connectivity index (χ3v) is 3.09. The third-order valence-electron chi connectivity index (χ3n) is 2.78. The second-order valence-corrected chi connectivity index (χ2v) is 4.91. The van der Waals surface area contributed by atoms with Crippen LogP contribution in [0.1, 0.15) is 12.5 Å². The maximum Gasteiger partial charge on any atom is 0.268 e. The highest BCUT2D eigenvalue weighted by Gasteiger charge is 2.15. The van der Waals surface area contributed by atoms with Gasteiger partial charge in [0.25, 0.3) is 5.91 Å². The smallest absolute Gasteiger partial charge is 0.268 e. The van der Waals surface area contributed by atoms with Gasteiger partial charge < -0.3 is 10.2 Å². The van der Waals surface area contributed by atoms with Crippen LogP contribution in [0.15, 0.2) is 53.7 Å². The molecule has 0 radical (unpaired) electrons. The van der Waals surface area contributed by atoms with E-state index in [0.29, 0.717) is 5.69 Å². The predicted molar refractivity (Wildman–Crippen MR) is 84.6 cm³/mol. The molecule has 0 aromatic heterocycles. The first-order valence-electron chi connectivity index (χ1n) is 6.56. The maximum atomic E-state index is 12.9. The summed E-state index contributed by atoms with van der Waals surface area (Å²) in [6.07, 6.45) is 0.690. The molecule has 0 heterocycles. The molecule has 1 amide bonds. The van der Waals surface area contributed by atoms with Crippen LogP contribution in [0, 0.1) is 5.82 Å². The SMILES string of the molecule is C[C@H](O/N=C\c1ccccc1)C(=O)Nc1ccc(F)cc1Cl. The Morgan fingerprint density at radius 2 is 2.05 bits per heavy atom. The summed E-state index contributed by atoms with van der Waals surface area (Å²) in [5, 5.41) is 6.43. The van der Waals surface area contributed by atoms with Crippen LogP contribution in [0.5, 0.6) is 0 Å². The van der Waals surface area contributed by atoms with Crippen LogP contribution in [0.4, 0.5) is 10.1 Å². The molecular formula is C16H14ClFN2O2. The summed E-state index contributed by atoms with van der Waals surface area (Å²) in [6, 6.07) is 13.1. The van der Waals surface area contributed by atoms with Gasteiger partial charge in [-0.25, -0.2) is 4.39 Å². The molecule has 1 N–H and O–H groups in total. The van der Waals surface area contributed by atoms with Crippen molar-refractivity contribution in [1.82, 2.24) is 0 Å². The van der Waals surface area contributed by atoms with Gasteiger partial charge in [0.1, 0.15) is 5.82 Å². The molecule has 0 unspecified atom stereocenters. The fourth-order valence-electron chi connectivity index (χ4n) is 1.59. The lowest BCUT2D eigenvalue weighted by molar-refractivity contribution is -0.126. The number of nitrogens with one attached hydrogen (secondary N) is 1. The molecule has 0 bridgehead atoms. The van der Waals surface area contributed by atoms with Crippen LogP contribution in [0.3, 0.4) is 0 Å². The Kier molecular flexibility index (Phi) is 5.49. The largest absolute Gasteiger partial charge is 0.383 e. The number of hydrogen-bond donors (Lipinski definition) is 1. The van der Waals surface area contributed by atoms with Gasteiger partial charge in [-0.05, 0) is 30.7 Å². The summed E-state index contributed by atoms with van der Waals surface area (Å²) in [5.41, 5.74) is 1.17. The molecular weight excluding hydrogens is 307 g/mol. The van der Waals surface area contributed by atoms with Gasteiger partial charge in [0.15, 0.2) is 0 Å². The summed E-state index contributed by atoms with van der Waals surface area (Å²) < 4.78 is 12.9. The molecule has 2 aromatic rings. The van der Waals surface area contributed by atoms with Gasteiger partial charge in [0.05, 0.1) is 16.9 Å². The Balaban J connectivity index is 1.91. The quantitative estimate of drug-likeness (QED) is 0.672. The highest BCUT2D eigenvalue weighted by Crippen LogP contribution is 2.22. The Bertz CT molecular complexity index is 677. The van der Waals surface area contributed by atoms with E-state index in [1.807, 2.05) is 30.3 Å². The average molecular weight is 321 g/mol. The van der Waals surface area contributed by atoms with Crippen LogP contribution in [0.2, 0.25) is 5.02 Å². The number of carbonyl (C=O) groups excluding carboxylic acids is 1. The first kappa shape index (κ1) is 16.0. The molecule has 0 fully saturated rings. The third kappa shape index (κ3) is 4.56. The summed E-state index contributed by atoms with van der Waals surface area (Å²) >= 11 is 5.84. The molecule has 4 nitrogen and oxygen atoms in total. The monoisotopic (exact) mass is 320 g/mol. The van der Waals surface area contributed by atoms with Gasteiger partial charge in [0, 0.05) is 0 Å². The number of carbonyl (C=O) groups is 1. The minimum atomic E-state index is -0.818. The molecule has 114 valence electrons. The van der Waals surface area contributed by atoms with Crippen molar-refractivity contribution in [3.8, 4) is 0 Å². The molecule has 22 heavy (non-hydrogen) atoms. The minimum Gasteiger partial charge on any atom is -0.383 e. The molecule has 0 spiro atoms. The van der Waals surface area contributed by atoms with Gasteiger partial charge in [-0.1, -0.05) is 47.1 Å². The van der Waals surface area contributed by atoms with Crippen molar-refractivity contribution in [2.45, 2.75) is 13.0 Å². The van der Waals surface area contributed by atoms with E-state index in [1.54, 1.807) is 6.92 Å². The first-order valence-corrected chi connectivity index (χ1v) is 6.94. The van der Waals surface area contributed by atoms with Crippen molar-refractivity contribution in [2.75, 3.05) is 5.32 Å². The summed E-state index contributed by atoms with van der Waals surface area (Å²) in [7, 11) is 0. The Morgan fingerprint density at radius 3 is 2.73 bits per heavy atom. The van der Waals surface area contributed by atoms with Crippen LogP contribution in [0.25, 0.3) is 0 Å². The number of amides is 1. The van der Waals surface area contributed by atoms with Gasteiger partial charge >= 0.3 is 0 Å². The summed E-state index contributed by atoms with van der Waals surface area (Å²) in [4.78, 5) is 17.0. The van der Waals surface area contributed by atoms with Crippen molar-refractivity contribution >= 4 is 29.4 Å². The number of benzene rings is 2. The fraction of sp³-hybridized carbons (Fsp3) is 0.125. The topological polar surface area (TPSA) is 50.7 Å². The van der Waals surface area contributed by atoms with Crippen LogP contribution < -0.4 is 5.32 Å². The lowest BCUT2D eigenvalue weighted by Crippen LogP contribution is -2.26. The standard InChI is InChI=1S/C16H14ClFN2O2/c1-11(22-19-10-12-5-3-2-4-6-12)16(21)20-15-8-7-13(18)9-14(15)17/h2-11H,1H3,(H,20,21)/b19-10-/t11-/m0/s1. The summed E-state index contributed by atoms with van der Waals surface area (Å²) in [6.45, 7) is 1.55. The number of halogens is 2. The van der Waals surface area contributed by atoms with Crippen molar-refractivity contribution in [1.29, 1.82) is 0 Å². The van der Waals surface area contributed by atoms with Crippen LogP contribution in [-0.4, -0.2) is 18.2 Å². The Labute approximate surface area is 132 Å². The molecule has 0 saturated heterocycles. The zero-order valence-corrected chi connectivity index (χ0v) is 12.5. The number of anilines is 1. The highest BCUT2D eigenvalue weighted by atomic mass is 35.5. The average Bonchev–Trinajstić information content (AvgIpc) is 2.51. The molecule has 6 heteroatoms. The van der Waals surface area contributed by atoms with Gasteiger partial charge in [-0.15, -0.1) is 0 Å². The first-order chi connectivity index (χ1) is 10.6.